The van der Waals surface area contributed by atoms with Crippen LogP contribution in [0.1, 0.15) is 31.4 Å². The van der Waals surface area contributed by atoms with Gasteiger partial charge in [-0.1, -0.05) is 29.8 Å². The maximum atomic E-state index is 6.18. The third-order valence-corrected chi connectivity index (χ3v) is 3.13. The summed E-state index contributed by atoms with van der Waals surface area (Å²) < 4.78 is 5.74. The molecule has 1 atom stereocenters. The van der Waals surface area contributed by atoms with E-state index in [0.717, 1.165) is 17.1 Å². The average molecular weight is 240 g/mol. The van der Waals surface area contributed by atoms with E-state index in [9.17, 15) is 0 Å². The third kappa shape index (κ3) is 3.21. The van der Waals surface area contributed by atoms with Crippen LogP contribution in [0.2, 0.25) is 5.02 Å². The third-order valence-electron chi connectivity index (χ3n) is 2.79. The van der Waals surface area contributed by atoms with E-state index >= 15 is 0 Å². The molecule has 16 heavy (non-hydrogen) atoms. The fourth-order valence-electron chi connectivity index (χ4n) is 1.76. The maximum absolute atomic E-state index is 6.18. The molecule has 1 N–H and O–H groups in total. The zero-order valence-corrected chi connectivity index (χ0v) is 10.3. The number of hydrogen-bond donors (Lipinski definition) is 1. The first-order chi connectivity index (χ1) is 7.81. The van der Waals surface area contributed by atoms with Crippen molar-refractivity contribution < 1.29 is 4.74 Å². The molecule has 0 spiro atoms. The molecular weight excluding hydrogens is 222 g/mol. The summed E-state index contributed by atoms with van der Waals surface area (Å²) in [7, 11) is 0. The van der Waals surface area contributed by atoms with Crippen molar-refractivity contribution >= 4 is 11.6 Å². The molecule has 88 valence electrons. The lowest BCUT2D eigenvalue weighted by Crippen LogP contribution is -2.25. The van der Waals surface area contributed by atoms with E-state index in [1.165, 1.54) is 12.8 Å². The van der Waals surface area contributed by atoms with Gasteiger partial charge in [0.05, 0.1) is 6.10 Å². The monoisotopic (exact) mass is 239 g/mol. The molecule has 1 saturated carbocycles. The van der Waals surface area contributed by atoms with Crippen molar-refractivity contribution in [3.05, 3.63) is 34.9 Å². The van der Waals surface area contributed by atoms with Crippen molar-refractivity contribution in [1.29, 1.82) is 0 Å². The Morgan fingerprint density at radius 3 is 2.81 bits per heavy atom. The van der Waals surface area contributed by atoms with Crippen molar-refractivity contribution in [2.45, 2.75) is 31.9 Å². The van der Waals surface area contributed by atoms with Crippen molar-refractivity contribution in [3.63, 3.8) is 0 Å². The highest BCUT2D eigenvalue weighted by Gasteiger charge is 2.23. The van der Waals surface area contributed by atoms with Gasteiger partial charge in [0.25, 0.3) is 0 Å². The molecule has 1 fully saturated rings. The van der Waals surface area contributed by atoms with E-state index in [2.05, 4.69) is 5.32 Å². The summed E-state index contributed by atoms with van der Waals surface area (Å²) in [6.07, 6.45) is 2.65. The van der Waals surface area contributed by atoms with Crippen LogP contribution in [0.5, 0.6) is 0 Å². The standard InChI is InChI=1S/C13H18ClNO/c1-2-16-13(9-15-10-7-8-10)11-5-3-4-6-12(11)14/h3-6,10,13,15H,2,7-9H2,1H3. The van der Waals surface area contributed by atoms with Crippen molar-refractivity contribution in [1.82, 2.24) is 5.32 Å². The van der Waals surface area contributed by atoms with Crippen LogP contribution in [0.15, 0.2) is 24.3 Å². The van der Waals surface area contributed by atoms with Crippen LogP contribution in [-0.2, 0) is 4.74 Å². The van der Waals surface area contributed by atoms with Crippen LogP contribution in [-0.4, -0.2) is 19.2 Å². The van der Waals surface area contributed by atoms with E-state index in [0.29, 0.717) is 12.6 Å². The summed E-state index contributed by atoms with van der Waals surface area (Å²) >= 11 is 6.18. The molecular formula is C13H18ClNO. The molecule has 2 nitrogen and oxygen atoms in total. The fraction of sp³-hybridized carbons (Fsp3) is 0.538. The van der Waals surface area contributed by atoms with Gasteiger partial charge in [0.15, 0.2) is 0 Å². The maximum Gasteiger partial charge on any atom is 0.0963 e. The summed E-state index contributed by atoms with van der Waals surface area (Å²) in [5.41, 5.74) is 1.08. The highest BCUT2D eigenvalue weighted by atomic mass is 35.5. The Hall–Kier alpha value is -0.570. The van der Waals surface area contributed by atoms with E-state index in [1.807, 2.05) is 31.2 Å². The number of rotatable bonds is 6. The highest BCUT2D eigenvalue weighted by Crippen LogP contribution is 2.26. The number of nitrogens with one attached hydrogen (secondary N) is 1. The van der Waals surface area contributed by atoms with Gasteiger partial charge in [0, 0.05) is 29.8 Å². The van der Waals surface area contributed by atoms with Gasteiger partial charge in [-0.05, 0) is 25.8 Å². The topological polar surface area (TPSA) is 21.3 Å². The molecule has 1 aliphatic carbocycles. The first-order valence-corrected chi connectivity index (χ1v) is 6.28. The van der Waals surface area contributed by atoms with Crippen LogP contribution >= 0.6 is 11.6 Å². The van der Waals surface area contributed by atoms with Crippen LogP contribution in [0.3, 0.4) is 0 Å². The second kappa shape index (κ2) is 5.67. The summed E-state index contributed by atoms with van der Waals surface area (Å²) in [5, 5.41) is 4.27. The van der Waals surface area contributed by atoms with Gasteiger partial charge in [0.1, 0.15) is 0 Å². The molecule has 1 unspecified atom stereocenters. The molecule has 3 heteroatoms. The number of halogens is 1. The fourth-order valence-corrected chi connectivity index (χ4v) is 2.01. The van der Waals surface area contributed by atoms with Gasteiger partial charge < -0.3 is 10.1 Å². The molecule has 0 heterocycles. The van der Waals surface area contributed by atoms with E-state index in [1.54, 1.807) is 0 Å². The Morgan fingerprint density at radius 1 is 1.44 bits per heavy atom. The lowest BCUT2D eigenvalue weighted by atomic mass is 10.1. The van der Waals surface area contributed by atoms with Gasteiger partial charge in [0.2, 0.25) is 0 Å². The molecule has 0 amide bonds. The van der Waals surface area contributed by atoms with Gasteiger partial charge in [-0.15, -0.1) is 0 Å². The Balaban J connectivity index is 2.01. The minimum atomic E-state index is 0.0688. The van der Waals surface area contributed by atoms with Crippen molar-refractivity contribution in [2.24, 2.45) is 0 Å². The van der Waals surface area contributed by atoms with Gasteiger partial charge in [-0.25, -0.2) is 0 Å². The quantitative estimate of drug-likeness (QED) is 0.824. The Morgan fingerprint density at radius 2 is 2.19 bits per heavy atom. The van der Waals surface area contributed by atoms with E-state index in [4.69, 9.17) is 16.3 Å². The average Bonchev–Trinajstić information content (AvgIpc) is 3.09. The Bertz CT molecular complexity index is 338. The molecule has 0 saturated heterocycles. The number of hydrogen-bond acceptors (Lipinski definition) is 2. The number of ether oxygens (including phenoxy) is 1. The molecule has 0 bridgehead atoms. The predicted molar refractivity (Wildman–Crippen MR) is 66.8 cm³/mol. The second-order valence-electron chi connectivity index (χ2n) is 4.15. The van der Waals surface area contributed by atoms with Crippen LogP contribution in [0.4, 0.5) is 0 Å². The highest BCUT2D eigenvalue weighted by molar-refractivity contribution is 6.31. The predicted octanol–water partition coefficient (Wildman–Crippen LogP) is 3.17. The molecule has 1 aromatic carbocycles. The number of benzene rings is 1. The first-order valence-electron chi connectivity index (χ1n) is 5.90. The smallest absolute Gasteiger partial charge is 0.0963 e. The van der Waals surface area contributed by atoms with E-state index in [-0.39, 0.29) is 6.10 Å². The lowest BCUT2D eigenvalue weighted by molar-refractivity contribution is 0.0621. The van der Waals surface area contributed by atoms with Crippen molar-refractivity contribution in [2.75, 3.05) is 13.2 Å². The zero-order valence-electron chi connectivity index (χ0n) is 9.58. The largest absolute Gasteiger partial charge is 0.372 e. The summed E-state index contributed by atoms with van der Waals surface area (Å²) in [6.45, 7) is 3.57. The second-order valence-corrected chi connectivity index (χ2v) is 4.56. The molecule has 1 aromatic rings. The minimum Gasteiger partial charge on any atom is -0.372 e. The summed E-state index contributed by atoms with van der Waals surface area (Å²) in [4.78, 5) is 0. The first kappa shape index (κ1) is 11.9. The van der Waals surface area contributed by atoms with Crippen LogP contribution in [0.25, 0.3) is 0 Å². The lowest BCUT2D eigenvalue weighted by Gasteiger charge is -2.19. The van der Waals surface area contributed by atoms with Crippen LogP contribution < -0.4 is 5.32 Å². The summed E-state index contributed by atoms with van der Waals surface area (Å²) in [6, 6.07) is 8.61. The van der Waals surface area contributed by atoms with Crippen LogP contribution in [0, 0.1) is 0 Å². The Kier molecular flexibility index (Phi) is 4.22. The molecule has 0 radical (unpaired) electrons. The SMILES string of the molecule is CCOC(CNC1CC1)c1ccccc1Cl. The molecule has 0 aliphatic heterocycles. The van der Waals surface area contributed by atoms with Crippen molar-refractivity contribution in [3.8, 4) is 0 Å². The Labute approximate surface area is 102 Å². The van der Waals surface area contributed by atoms with Gasteiger partial charge >= 0.3 is 0 Å². The van der Waals surface area contributed by atoms with E-state index < -0.39 is 0 Å². The minimum absolute atomic E-state index is 0.0688. The molecule has 1 aliphatic rings. The summed E-state index contributed by atoms with van der Waals surface area (Å²) in [5.74, 6) is 0. The molecule has 0 aromatic heterocycles. The normalized spacial score (nSPS) is 17.4. The van der Waals surface area contributed by atoms with Gasteiger partial charge in [-0.3, -0.25) is 0 Å². The molecule has 2 rings (SSSR count). The zero-order chi connectivity index (χ0) is 11.4. The van der Waals surface area contributed by atoms with Gasteiger partial charge in [-0.2, -0.15) is 0 Å².